The third-order valence-corrected chi connectivity index (χ3v) is 2.93. The Morgan fingerprint density at radius 3 is 2.62 bits per heavy atom. The van der Waals surface area contributed by atoms with Crippen LogP contribution in [-0.2, 0) is 6.42 Å². The van der Waals surface area contributed by atoms with E-state index in [9.17, 15) is 5.11 Å². The van der Waals surface area contributed by atoms with E-state index in [-0.39, 0.29) is 6.10 Å². The Kier molecular flexibility index (Phi) is 5.26. The molecule has 2 nitrogen and oxygen atoms in total. The van der Waals surface area contributed by atoms with Crippen LogP contribution in [0.4, 0.5) is 0 Å². The molecule has 0 bridgehead atoms. The van der Waals surface area contributed by atoms with E-state index < -0.39 is 0 Å². The molecule has 0 saturated carbocycles. The minimum Gasteiger partial charge on any atom is -0.393 e. The van der Waals surface area contributed by atoms with Crippen LogP contribution >= 0.6 is 11.6 Å². The molecule has 1 N–H and O–H groups in total. The van der Waals surface area contributed by atoms with Gasteiger partial charge in [-0.25, -0.2) is 0 Å². The number of nitrogens with zero attached hydrogens (tertiary/aromatic N) is 1. The third kappa shape index (κ3) is 4.52. The summed E-state index contributed by atoms with van der Waals surface area (Å²) in [6.45, 7) is 2.91. The summed E-state index contributed by atoms with van der Waals surface area (Å²) in [4.78, 5) is 2.07. The van der Waals surface area contributed by atoms with Crippen LogP contribution in [0.25, 0.3) is 0 Å². The van der Waals surface area contributed by atoms with Crippen LogP contribution < -0.4 is 0 Å². The molecule has 0 aromatic heterocycles. The number of hydrogen-bond acceptors (Lipinski definition) is 2. The maximum Gasteiger partial charge on any atom is 0.0593 e. The average Bonchev–Trinajstić information content (AvgIpc) is 2.19. The zero-order valence-electron chi connectivity index (χ0n) is 10.2. The zero-order valence-corrected chi connectivity index (χ0v) is 11.0. The molecular formula is C13H20ClNO. The molecule has 0 aliphatic carbocycles. The van der Waals surface area contributed by atoms with Crippen LogP contribution in [0.3, 0.4) is 0 Å². The minimum absolute atomic E-state index is 0.317. The summed E-state index contributed by atoms with van der Waals surface area (Å²) in [6, 6.07) is 5.96. The second kappa shape index (κ2) is 6.24. The van der Waals surface area contributed by atoms with Crippen molar-refractivity contribution in [3.05, 3.63) is 34.3 Å². The molecular weight excluding hydrogens is 222 g/mol. The molecule has 1 atom stereocenters. The molecule has 0 heterocycles. The number of hydrogen-bond donors (Lipinski definition) is 1. The molecule has 0 amide bonds. The predicted octanol–water partition coefficient (Wildman–Crippen LogP) is 2.50. The summed E-state index contributed by atoms with van der Waals surface area (Å²) in [5.41, 5.74) is 2.18. The Labute approximate surface area is 103 Å². The van der Waals surface area contributed by atoms with Gasteiger partial charge in [0, 0.05) is 5.02 Å². The SMILES string of the molecule is Cc1ccc(CC(O)CCN(C)C)c(Cl)c1. The number of aryl methyl sites for hydroxylation is 1. The summed E-state index contributed by atoms with van der Waals surface area (Å²) in [7, 11) is 4.01. The van der Waals surface area contributed by atoms with Gasteiger partial charge in [0.25, 0.3) is 0 Å². The number of rotatable bonds is 5. The van der Waals surface area contributed by atoms with E-state index >= 15 is 0 Å². The zero-order chi connectivity index (χ0) is 12.1. The van der Waals surface area contributed by atoms with E-state index in [0.29, 0.717) is 6.42 Å². The van der Waals surface area contributed by atoms with E-state index in [1.807, 2.05) is 39.2 Å². The van der Waals surface area contributed by atoms with Crippen molar-refractivity contribution in [3.63, 3.8) is 0 Å². The van der Waals surface area contributed by atoms with Gasteiger partial charge in [0.1, 0.15) is 0 Å². The molecule has 1 aromatic carbocycles. The number of benzene rings is 1. The lowest BCUT2D eigenvalue weighted by molar-refractivity contribution is 0.152. The average molecular weight is 242 g/mol. The van der Waals surface area contributed by atoms with Crippen LogP contribution in [0.2, 0.25) is 5.02 Å². The normalized spacial score (nSPS) is 13.1. The van der Waals surface area contributed by atoms with Gasteiger partial charge < -0.3 is 10.0 Å². The lowest BCUT2D eigenvalue weighted by atomic mass is 10.0. The van der Waals surface area contributed by atoms with Crippen molar-refractivity contribution in [2.24, 2.45) is 0 Å². The van der Waals surface area contributed by atoms with Crippen LogP contribution in [0.15, 0.2) is 18.2 Å². The summed E-state index contributed by atoms with van der Waals surface area (Å²) < 4.78 is 0. The summed E-state index contributed by atoms with van der Waals surface area (Å²) in [5.74, 6) is 0. The second-order valence-corrected chi connectivity index (χ2v) is 4.95. The van der Waals surface area contributed by atoms with Gasteiger partial charge in [-0.15, -0.1) is 0 Å². The van der Waals surface area contributed by atoms with Crippen LogP contribution in [-0.4, -0.2) is 36.8 Å². The second-order valence-electron chi connectivity index (χ2n) is 4.54. The first-order valence-electron chi connectivity index (χ1n) is 5.57. The van der Waals surface area contributed by atoms with Crippen molar-refractivity contribution in [2.75, 3.05) is 20.6 Å². The Balaban J connectivity index is 2.52. The van der Waals surface area contributed by atoms with Gasteiger partial charge in [0.2, 0.25) is 0 Å². The minimum atomic E-state index is -0.317. The number of aliphatic hydroxyl groups excluding tert-OH is 1. The Bertz CT molecular complexity index is 339. The maximum absolute atomic E-state index is 9.86. The smallest absolute Gasteiger partial charge is 0.0593 e. The van der Waals surface area contributed by atoms with E-state index in [1.54, 1.807) is 0 Å². The van der Waals surface area contributed by atoms with E-state index in [2.05, 4.69) is 4.90 Å². The summed E-state index contributed by atoms with van der Waals surface area (Å²) >= 11 is 6.11. The molecule has 0 aliphatic heterocycles. The number of halogens is 1. The molecule has 3 heteroatoms. The molecule has 1 aromatic rings. The van der Waals surface area contributed by atoms with Gasteiger partial charge in [0.15, 0.2) is 0 Å². The highest BCUT2D eigenvalue weighted by molar-refractivity contribution is 6.31. The fourth-order valence-corrected chi connectivity index (χ4v) is 1.89. The van der Waals surface area contributed by atoms with Gasteiger partial charge in [-0.05, 0) is 57.6 Å². The fourth-order valence-electron chi connectivity index (χ4n) is 1.58. The molecule has 0 radical (unpaired) electrons. The largest absolute Gasteiger partial charge is 0.393 e. The van der Waals surface area contributed by atoms with Crippen LogP contribution in [0.5, 0.6) is 0 Å². The van der Waals surface area contributed by atoms with Crippen LogP contribution in [0, 0.1) is 6.92 Å². The van der Waals surface area contributed by atoms with Gasteiger partial charge in [0.05, 0.1) is 6.10 Å². The monoisotopic (exact) mass is 241 g/mol. The van der Waals surface area contributed by atoms with Gasteiger partial charge in [-0.1, -0.05) is 23.7 Å². The summed E-state index contributed by atoms with van der Waals surface area (Å²) in [5, 5.41) is 10.6. The topological polar surface area (TPSA) is 23.5 Å². The molecule has 0 aliphatic rings. The van der Waals surface area contributed by atoms with Crippen molar-refractivity contribution >= 4 is 11.6 Å². The van der Waals surface area contributed by atoms with Crippen molar-refractivity contribution in [1.82, 2.24) is 4.90 Å². The fraction of sp³-hybridized carbons (Fsp3) is 0.538. The van der Waals surface area contributed by atoms with Gasteiger partial charge in [-0.2, -0.15) is 0 Å². The Morgan fingerprint density at radius 2 is 2.06 bits per heavy atom. The first kappa shape index (κ1) is 13.5. The maximum atomic E-state index is 9.86. The molecule has 16 heavy (non-hydrogen) atoms. The summed E-state index contributed by atoms with van der Waals surface area (Å²) in [6.07, 6.45) is 1.09. The quantitative estimate of drug-likeness (QED) is 0.856. The highest BCUT2D eigenvalue weighted by atomic mass is 35.5. The first-order valence-corrected chi connectivity index (χ1v) is 5.94. The standard InChI is InChI=1S/C13H20ClNO/c1-10-4-5-11(13(14)8-10)9-12(16)6-7-15(2)3/h4-5,8,12,16H,6-7,9H2,1-3H3. The highest BCUT2D eigenvalue weighted by Crippen LogP contribution is 2.19. The lowest BCUT2D eigenvalue weighted by Gasteiger charge is -2.15. The molecule has 1 unspecified atom stereocenters. The van der Waals surface area contributed by atoms with E-state index in [4.69, 9.17) is 11.6 Å². The first-order chi connectivity index (χ1) is 7.49. The van der Waals surface area contributed by atoms with Gasteiger partial charge in [-0.3, -0.25) is 0 Å². The van der Waals surface area contributed by atoms with Crippen molar-refractivity contribution in [3.8, 4) is 0 Å². The Morgan fingerprint density at radius 1 is 1.38 bits per heavy atom. The molecule has 90 valence electrons. The van der Waals surface area contributed by atoms with E-state index in [0.717, 1.165) is 29.1 Å². The third-order valence-electron chi connectivity index (χ3n) is 2.57. The molecule has 1 rings (SSSR count). The molecule has 0 saturated heterocycles. The Hall–Kier alpha value is -0.570. The number of aliphatic hydroxyl groups is 1. The lowest BCUT2D eigenvalue weighted by Crippen LogP contribution is -2.20. The van der Waals surface area contributed by atoms with Crippen molar-refractivity contribution in [2.45, 2.75) is 25.9 Å². The molecule has 0 spiro atoms. The van der Waals surface area contributed by atoms with Crippen molar-refractivity contribution < 1.29 is 5.11 Å². The highest BCUT2D eigenvalue weighted by Gasteiger charge is 2.08. The van der Waals surface area contributed by atoms with Crippen LogP contribution in [0.1, 0.15) is 17.5 Å². The van der Waals surface area contributed by atoms with E-state index in [1.165, 1.54) is 0 Å². The van der Waals surface area contributed by atoms with Gasteiger partial charge >= 0.3 is 0 Å². The molecule has 0 fully saturated rings. The predicted molar refractivity (Wildman–Crippen MR) is 69.1 cm³/mol. The van der Waals surface area contributed by atoms with Crippen molar-refractivity contribution in [1.29, 1.82) is 0 Å².